The standard InChI is InChI=1S/C13H13BrClNO/c14-13-10(15)6-3-7-11(13)16-12(17)8-9-4-1-2-5-9/h1,3-4,6-7,9H,2,5,8H2,(H,16,17). The molecule has 90 valence electrons. The lowest BCUT2D eigenvalue weighted by Gasteiger charge is -2.10. The smallest absolute Gasteiger partial charge is 0.224 e. The van der Waals surface area contributed by atoms with Crippen molar-refractivity contribution < 1.29 is 4.79 Å². The third-order valence-corrected chi connectivity index (χ3v) is 4.18. The number of hydrogen-bond donors (Lipinski definition) is 1. The summed E-state index contributed by atoms with van der Waals surface area (Å²) in [6, 6.07) is 5.43. The summed E-state index contributed by atoms with van der Waals surface area (Å²) in [6.45, 7) is 0. The molecule has 1 aliphatic carbocycles. The van der Waals surface area contributed by atoms with Gasteiger partial charge in [-0.25, -0.2) is 0 Å². The van der Waals surface area contributed by atoms with Gasteiger partial charge in [-0.1, -0.05) is 29.8 Å². The van der Waals surface area contributed by atoms with Crippen LogP contribution in [0.15, 0.2) is 34.8 Å². The third kappa shape index (κ3) is 3.33. The van der Waals surface area contributed by atoms with Gasteiger partial charge in [0.2, 0.25) is 5.91 Å². The Balaban J connectivity index is 1.98. The average Bonchev–Trinajstić information content (AvgIpc) is 2.77. The highest BCUT2D eigenvalue weighted by atomic mass is 79.9. The molecule has 0 fully saturated rings. The molecule has 0 saturated carbocycles. The topological polar surface area (TPSA) is 29.1 Å². The Bertz CT molecular complexity index is 459. The van der Waals surface area contributed by atoms with Gasteiger partial charge in [0.1, 0.15) is 0 Å². The van der Waals surface area contributed by atoms with Gasteiger partial charge >= 0.3 is 0 Å². The second-order valence-corrected chi connectivity index (χ2v) is 5.32. The van der Waals surface area contributed by atoms with Crippen LogP contribution in [-0.4, -0.2) is 5.91 Å². The van der Waals surface area contributed by atoms with E-state index in [-0.39, 0.29) is 5.91 Å². The zero-order chi connectivity index (χ0) is 12.3. The summed E-state index contributed by atoms with van der Waals surface area (Å²) in [6.07, 6.45) is 6.94. The summed E-state index contributed by atoms with van der Waals surface area (Å²) < 4.78 is 0.733. The highest BCUT2D eigenvalue weighted by Crippen LogP contribution is 2.30. The molecule has 1 aromatic carbocycles. The zero-order valence-electron chi connectivity index (χ0n) is 9.25. The lowest BCUT2D eigenvalue weighted by molar-refractivity contribution is -0.116. The maximum absolute atomic E-state index is 11.8. The Morgan fingerprint density at radius 3 is 3.06 bits per heavy atom. The largest absolute Gasteiger partial charge is 0.325 e. The van der Waals surface area contributed by atoms with Crippen molar-refractivity contribution in [2.75, 3.05) is 5.32 Å². The van der Waals surface area contributed by atoms with Crippen LogP contribution in [0.3, 0.4) is 0 Å². The predicted molar refractivity (Wildman–Crippen MR) is 74.3 cm³/mol. The number of rotatable bonds is 3. The van der Waals surface area contributed by atoms with Gasteiger partial charge in [-0.15, -0.1) is 0 Å². The second-order valence-electron chi connectivity index (χ2n) is 4.12. The molecule has 2 nitrogen and oxygen atoms in total. The van der Waals surface area contributed by atoms with Crippen LogP contribution in [0.1, 0.15) is 19.3 Å². The van der Waals surface area contributed by atoms with Crippen molar-refractivity contribution in [2.24, 2.45) is 5.92 Å². The summed E-state index contributed by atoms with van der Waals surface area (Å²) in [4.78, 5) is 11.8. The minimum atomic E-state index is 0.0320. The van der Waals surface area contributed by atoms with E-state index in [2.05, 4.69) is 33.4 Å². The third-order valence-electron chi connectivity index (χ3n) is 2.79. The van der Waals surface area contributed by atoms with Crippen molar-refractivity contribution in [1.29, 1.82) is 0 Å². The molecular weight excluding hydrogens is 302 g/mol. The van der Waals surface area contributed by atoms with Crippen LogP contribution in [0, 0.1) is 5.92 Å². The number of nitrogens with one attached hydrogen (secondary N) is 1. The van der Waals surface area contributed by atoms with Crippen LogP contribution in [-0.2, 0) is 4.79 Å². The predicted octanol–water partition coefficient (Wildman–Crippen LogP) is 4.40. The number of allylic oxidation sites excluding steroid dienone is 2. The summed E-state index contributed by atoms with van der Waals surface area (Å²) in [5.41, 5.74) is 0.726. The monoisotopic (exact) mass is 313 g/mol. The molecular formula is C13H13BrClNO. The first kappa shape index (κ1) is 12.7. The fourth-order valence-electron chi connectivity index (χ4n) is 1.91. The molecule has 2 rings (SSSR count). The van der Waals surface area contributed by atoms with E-state index in [4.69, 9.17) is 11.6 Å². The van der Waals surface area contributed by atoms with Crippen LogP contribution in [0.5, 0.6) is 0 Å². The van der Waals surface area contributed by atoms with Crippen LogP contribution in [0.2, 0.25) is 5.02 Å². The Morgan fingerprint density at radius 2 is 2.35 bits per heavy atom. The van der Waals surface area contributed by atoms with Gasteiger partial charge in [-0.2, -0.15) is 0 Å². The van der Waals surface area contributed by atoms with Gasteiger partial charge in [0.25, 0.3) is 0 Å². The molecule has 1 aliphatic rings. The van der Waals surface area contributed by atoms with Crippen molar-refractivity contribution in [2.45, 2.75) is 19.3 Å². The zero-order valence-corrected chi connectivity index (χ0v) is 11.6. The van der Waals surface area contributed by atoms with E-state index in [1.807, 2.05) is 12.1 Å². The molecule has 1 atom stereocenters. The number of halogens is 2. The van der Waals surface area contributed by atoms with Crippen molar-refractivity contribution in [3.63, 3.8) is 0 Å². The Kier molecular flexibility index (Phi) is 4.24. The SMILES string of the molecule is O=C(CC1C=CCC1)Nc1cccc(Cl)c1Br. The molecule has 1 amide bonds. The van der Waals surface area contributed by atoms with Crippen LogP contribution in [0.4, 0.5) is 5.69 Å². The van der Waals surface area contributed by atoms with Crippen molar-refractivity contribution >= 4 is 39.1 Å². The highest BCUT2D eigenvalue weighted by Gasteiger charge is 2.15. The van der Waals surface area contributed by atoms with E-state index in [1.165, 1.54) is 0 Å². The number of carbonyl (C=O) groups excluding carboxylic acids is 1. The van der Waals surface area contributed by atoms with Gasteiger partial charge in [-0.3, -0.25) is 4.79 Å². The first-order chi connectivity index (χ1) is 8.16. The van der Waals surface area contributed by atoms with E-state index in [1.54, 1.807) is 6.07 Å². The van der Waals surface area contributed by atoms with Crippen LogP contribution >= 0.6 is 27.5 Å². The van der Waals surface area contributed by atoms with E-state index >= 15 is 0 Å². The minimum absolute atomic E-state index is 0.0320. The number of anilines is 1. The fourth-order valence-corrected chi connectivity index (χ4v) is 2.44. The van der Waals surface area contributed by atoms with Crippen molar-refractivity contribution in [3.05, 3.63) is 39.8 Å². The van der Waals surface area contributed by atoms with Crippen molar-refractivity contribution in [1.82, 2.24) is 0 Å². The number of hydrogen-bond acceptors (Lipinski definition) is 1. The highest BCUT2D eigenvalue weighted by molar-refractivity contribution is 9.10. The average molecular weight is 315 g/mol. The Hall–Kier alpha value is -0.800. The van der Waals surface area contributed by atoms with Gasteiger partial charge in [0.05, 0.1) is 15.2 Å². The van der Waals surface area contributed by atoms with Gasteiger partial charge in [0, 0.05) is 6.42 Å². The molecule has 0 aromatic heterocycles. The number of amides is 1. The quantitative estimate of drug-likeness (QED) is 0.823. The summed E-state index contributed by atoms with van der Waals surface area (Å²) in [7, 11) is 0. The molecule has 0 saturated heterocycles. The first-order valence-corrected chi connectivity index (χ1v) is 6.74. The van der Waals surface area contributed by atoms with Crippen LogP contribution < -0.4 is 5.32 Å². The lowest BCUT2D eigenvalue weighted by Crippen LogP contribution is -2.15. The van der Waals surface area contributed by atoms with E-state index in [0.717, 1.165) is 23.0 Å². The lowest BCUT2D eigenvalue weighted by atomic mass is 10.1. The fraction of sp³-hybridized carbons (Fsp3) is 0.308. The Morgan fingerprint density at radius 1 is 1.53 bits per heavy atom. The van der Waals surface area contributed by atoms with Crippen molar-refractivity contribution in [3.8, 4) is 0 Å². The molecule has 0 bridgehead atoms. The molecule has 17 heavy (non-hydrogen) atoms. The van der Waals surface area contributed by atoms with Gasteiger partial charge < -0.3 is 5.32 Å². The summed E-state index contributed by atoms with van der Waals surface area (Å²) >= 11 is 9.32. The molecule has 1 unspecified atom stereocenters. The van der Waals surface area contributed by atoms with E-state index in [0.29, 0.717) is 17.4 Å². The van der Waals surface area contributed by atoms with E-state index in [9.17, 15) is 4.79 Å². The maximum Gasteiger partial charge on any atom is 0.224 e. The molecule has 4 heteroatoms. The molecule has 0 spiro atoms. The van der Waals surface area contributed by atoms with E-state index < -0.39 is 0 Å². The van der Waals surface area contributed by atoms with Gasteiger partial charge in [0.15, 0.2) is 0 Å². The second kappa shape index (κ2) is 5.69. The van der Waals surface area contributed by atoms with Gasteiger partial charge in [-0.05, 0) is 46.8 Å². The molecule has 0 radical (unpaired) electrons. The molecule has 1 N–H and O–H groups in total. The number of benzene rings is 1. The first-order valence-electron chi connectivity index (χ1n) is 5.57. The normalized spacial score (nSPS) is 18.4. The van der Waals surface area contributed by atoms with Crippen LogP contribution in [0.25, 0.3) is 0 Å². The molecule has 1 aromatic rings. The summed E-state index contributed by atoms with van der Waals surface area (Å²) in [5, 5.41) is 3.47. The molecule has 0 aliphatic heterocycles. The maximum atomic E-state index is 11.8. The number of carbonyl (C=O) groups is 1. The molecule has 0 heterocycles. The minimum Gasteiger partial charge on any atom is -0.325 e. The Labute approximate surface area is 114 Å². The summed E-state index contributed by atoms with van der Waals surface area (Å²) in [5.74, 6) is 0.414.